The van der Waals surface area contributed by atoms with Crippen LogP contribution in [0.1, 0.15) is 19.5 Å². The Morgan fingerprint density at radius 1 is 1.33 bits per heavy atom. The van der Waals surface area contributed by atoms with Gasteiger partial charge in [0.05, 0.1) is 11.4 Å². The highest BCUT2D eigenvalue weighted by molar-refractivity contribution is 9.10. The lowest BCUT2D eigenvalue weighted by atomic mass is 10.2. The Labute approximate surface area is 116 Å². The molecule has 0 aliphatic rings. The summed E-state index contributed by atoms with van der Waals surface area (Å²) in [6.45, 7) is 7.30. The minimum Gasteiger partial charge on any atom is -0.355 e. The van der Waals surface area contributed by atoms with Crippen LogP contribution < -0.4 is 5.32 Å². The molecule has 0 fully saturated rings. The number of para-hydroxylation sites is 1. The minimum absolute atomic E-state index is 0.592. The molecule has 1 heterocycles. The summed E-state index contributed by atoms with van der Waals surface area (Å²) >= 11 is 3.58. The normalized spacial score (nSPS) is 10.9. The highest BCUT2D eigenvalue weighted by atomic mass is 79.9. The SMILES string of the molecule is Cc1cn(-c2ccccc2Br)c(NCC(C)C)n1. The van der Waals surface area contributed by atoms with Gasteiger partial charge in [-0.1, -0.05) is 26.0 Å². The van der Waals surface area contributed by atoms with Gasteiger partial charge in [0.1, 0.15) is 0 Å². The largest absolute Gasteiger partial charge is 0.355 e. The van der Waals surface area contributed by atoms with Gasteiger partial charge in [-0.05, 0) is 40.9 Å². The van der Waals surface area contributed by atoms with Gasteiger partial charge in [-0.15, -0.1) is 0 Å². The first-order valence-electron chi connectivity index (χ1n) is 6.12. The zero-order valence-electron chi connectivity index (χ0n) is 10.9. The van der Waals surface area contributed by atoms with Crippen molar-refractivity contribution in [1.29, 1.82) is 0 Å². The summed E-state index contributed by atoms with van der Waals surface area (Å²) in [5, 5.41) is 3.39. The van der Waals surface area contributed by atoms with Crippen molar-refractivity contribution in [2.24, 2.45) is 5.92 Å². The van der Waals surface area contributed by atoms with Crippen LogP contribution in [0.4, 0.5) is 5.95 Å². The van der Waals surface area contributed by atoms with Crippen LogP contribution in [-0.4, -0.2) is 16.1 Å². The van der Waals surface area contributed by atoms with E-state index in [4.69, 9.17) is 0 Å². The summed E-state index contributed by atoms with van der Waals surface area (Å²) in [7, 11) is 0. The van der Waals surface area contributed by atoms with E-state index in [0.717, 1.165) is 28.3 Å². The Hall–Kier alpha value is -1.29. The molecule has 0 saturated carbocycles. The fourth-order valence-corrected chi connectivity index (χ4v) is 2.22. The van der Waals surface area contributed by atoms with Gasteiger partial charge in [0.25, 0.3) is 0 Å². The minimum atomic E-state index is 0.592. The van der Waals surface area contributed by atoms with Gasteiger partial charge in [-0.2, -0.15) is 0 Å². The fourth-order valence-electron chi connectivity index (χ4n) is 1.75. The monoisotopic (exact) mass is 307 g/mol. The number of halogens is 1. The third-order valence-electron chi connectivity index (χ3n) is 2.61. The van der Waals surface area contributed by atoms with E-state index in [0.29, 0.717) is 5.92 Å². The molecule has 18 heavy (non-hydrogen) atoms. The highest BCUT2D eigenvalue weighted by Crippen LogP contribution is 2.24. The molecule has 0 unspecified atom stereocenters. The molecule has 1 aromatic carbocycles. The van der Waals surface area contributed by atoms with Crippen LogP contribution in [0.5, 0.6) is 0 Å². The third kappa shape index (κ3) is 2.93. The number of nitrogens with zero attached hydrogens (tertiary/aromatic N) is 2. The van der Waals surface area contributed by atoms with Gasteiger partial charge in [0.2, 0.25) is 5.95 Å². The second kappa shape index (κ2) is 5.57. The first-order valence-corrected chi connectivity index (χ1v) is 6.92. The fraction of sp³-hybridized carbons (Fsp3) is 0.357. The van der Waals surface area contributed by atoms with Gasteiger partial charge in [0.15, 0.2) is 0 Å². The predicted molar refractivity (Wildman–Crippen MR) is 79.3 cm³/mol. The summed E-state index contributed by atoms with van der Waals surface area (Å²) < 4.78 is 3.15. The van der Waals surface area contributed by atoms with Crippen molar-refractivity contribution in [3.63, 3.8) is 0 Å². The first-order chi connectivity index (χ1) is 8.58. The summed E-state index contributed by atoms with van der Waals surface area (Å²) in [5.41, 5.74) is 2.11. The molecule has 4 heteroatoms. The zero-order valence-corrected chi connectivity index (χ0v) is 12.5. The Morgan fingerprint density at radius 3 is 2.72 bits per heavy atom. The van der Waals surface area contributed by atoms with Crippen molar-refractivity contribution in [2.75, 3.05) is 11.9 Å². The summed E-state index contributed by atoms with van der Waals surface area (Å²) in [5.74, 6) is 1.49. The lowest BCUT2D eigenvalue weighted by Crippen LogP contribution is -2.12. The van der Waals surface area contributed by atoms with Gasteiger partial charge < -0.3 is 5.32 Å². The maximum absolute atomic E-state index is 4.53. The number of anilines is 1. The number of aromatic nitrogens is 2. The quantitative estimate of drug-likeness (QED) is 0.925. The smallest absolute Gasteiger partial charge is 0.207 e. The molecule has 0 spiro atoms. The van der Waals surface area contributed by atoms with Gasteiger partial charge in [0, 0.05) is 17.2 Å². The average Bonchev–Trinajstić information content (AvgIpc) is 2.68. The van der Waals surface area contributed by atoms with E-state index in [1.54, 1.807) is 0 Å². The van der Waals surface area contributed by atoms with E-state index in [-0.39, 0.29) is 0 Å². The highest BCUT2D eigenvalue weighted by Gasteiger charge is 2.09. The molecule has 0 bridgehead atoms. The second-order valence-electron chi connectivity index (χ2n) is 4.80. The van der Waals surface area contributed by atoms with E-state index in [2.05, 4.69) is 50.7 Å². The molecule has 0 saturated heterocycles. The standard InChI is InChI=1S/C14H18BrN3/c1-10(2)8-16-14-17-11(3)9-18(14)13-7-5-4-6-12(13)15/h4-7,9-10H,8H2,1-3H3,(H,16,17). The van der Waals surface area contributed by atoms with Gasteiger partial charge in [-0.3, -0.25) is 4.57 Å². The van der Waals surface area contributed by atoms with Crippen LogP contribution in [0.2, 0.25) is 0 Å². The van der Waals surface area contributed by atoms with Crippen molar-refractivity contribution in [3.05, 3.63) is 40.6 Å². The number of hydrogen-bond acceptors (Lipinski definition) is 2. The van der Waals surface area contributed by atoms with Gasteiger partial charge in [-0.25, -0.2) is 4.98 Å². The number of benzene rings is 1. The Bertz CT molecular complexity index is 532. The summed E-state index contributed by atoms with van der Waals surface area (Å²) in [4.78, 5) is 4.53. The molecular weight excluding hydrogens is 290 g/mol. The van der Waals surface area contributed by atoms with Crippen molar-refractivity contribution in [1.82, 2.24) is 9.55 Å². The number of imidazole rings is 1. The molecule has 2 aromatic rings. The molecule has 1 aromatic heterocycles. The van der Waals surface area contributed by atoms with E-state index in [1.807, 2.05) is 31.3 Å². The van der Waals surface area contributed by atoms with Crippen LogP contribution in [0, 0.1) is 12.8 Å². The second-order valence-corrected chi connectivity index (χ2v) is 5.66. The molecule has 0 atom stereocenters. The maximum Gasteiger partial charge on any atom is 0.207 e. The number of aryl methyl sites for hydroxylation is 1. The molecule has 1 N–H and O–H groups in total. The molecule has 2 rings (SSSR count). The molecule has 96 valence electrons. The van der Waals surface area contributed by atoms with E-state index in [9.17, 15) is 0 Å². The van der Waals surface area contributed by atoms with Crippen LogP contribution >= 0.6 is 15.9 Å². The molecule has 0 aliphatic heterocycles. The average molecular weight is 308 g/mol. The Morgan fingerprint density at radius 2 is 2.06 bits per heavy atom. The van der Waals surface area contributed by atoms with Crippen LogP contribution in [-0.2, 0) is 0 Å². The van der Waals surface area contributed by atoms with Crippen molar-refractivity contribution < 1.29 is 0 Å². The molecule has 0 radical (unpaired) electrons. The lowest BCUT2D eigenvalue weighted by molar-refractivity contribution is 0.683. The number of rotatable bonds is 4. The summed E-state index contributed by atoms with van der Waals surface area (Å²) in [6, 6.07) is 8.16. The van der Waals surface area contributed by atoms with E-state index in [1.165, 1.54) is 0 Å². The lowest BCUT2D eigenvalue weighted by Gasteiger charge is -2.12. The summed E-state index contributed by atoms with van der Waals surface area (Å²) in [6.07, 6.45) is 2.04. The molecule has 0 aliphatic carbocycles. The number of nitrogens with one attached hydrogen (secondary N) is 1. The Balaban J connectivity index is 2.36. The Kier molecular flexibility index (Phi) is 4.07. The van der Waals surface area contributed by atoms with Crippen LogP contribution in [0.15, 0.2) is 34.9 Å². The van der Waals surface area contributed by atoms with E-state index < -0.39 is 0 Å². The first kappa shape index (κ1) is 13.1. The van der Waals surface area contributed by atoms with Crippen LogP contribution in [0.3, 0.4) is 0 Å². The maximum atomic E-state index is 4.53. The molecular formula is C14H18BrN3. The van der Waals surface area contributed by atoms with E-state index >= 15 is 0 Å². The van der Waals surface area contributed by atoms with Crippen molar-refractivity contribution >= 4 is 21.9 Å². The topological polar surface area (TPSA) is 29.9 Å². The third-order valence-corrected chi connectivity index (χ3v) is 3.28. The predicted octanol–water partition coefficient (Wildman–Crippen LogP) is 4.01. The molecule has 3 nitrogen and oxygen atoms in total. The molecule has 0 amide bonds. The van der Waals surface area contributed by atoms with Crippen molar-refractivity contribution in [2.45, 2.75) is 20.8 Å². The van der Waals surface area contributed by atoms with Crippen molar-refractivity contribution in [3.8, 4) is 5.69 Å². The van der Waals surface area contributed by atoms with Gasteiger partial charge >= 0.3 is 0 Å². The van der Waals surface area contributed by atoms with Crippen LogP contribution in [0.25, 0.3) is 5.69 Å². The number of hydrogen-bond donors (Lipinski definition) is 1. The zero-order chi connectivity index (χ0) is 13.1.